The summed E-state index contributed by atoms with van der Waals surface area (Å²) >= 11 is 1.75. The van der Waals surface area contributed by atoms with Gasteiger partial charge in [-0.25, -0.2) is 0 Å². The van der Waals surface area contributed by atoms with Crippen molar-refractivity contribution in [3.05, 3.63) is 10.8 Å². The molecule has 2 fully saturated rings. The molecule has 3 rings (SSSR count). The van der Waals surface area contributed by atoms with Crippen molar-refractivity contribution in [1.82, 2.24) is 0 Å². The molecule has 3 heterocycles. The SMILES string of the molecule is C(OCC1CO1)C1CO1.C1=CS1. The highest BCUT2D eigenvalue weighted by molar-refractivity contribution is 8.11. The van der Waals surface area contributed by atoms with Crippen molar-refractivity contribution < 1.29 is 14.2 Å². The Bertz CT molecular complexity index is 148. The van der Waals surface area contributed by atoms with E-state index < -0.39 is 0 Å². The van der Waals surface area contributed by atoms with Crippen LogP contribution in [0.25, 0.3) is 0 Å². The van der Waals surface area contributed by atoms with Crippen LogP contribution in [0.5, 0.6) is 0 Å². The van der Waals surface area contributed by atoms with Crippen LogP contribution >= 0.6 is 11.8 Å². The predicted molar refractivity (Wildman–Crippen MR) is 47.0 cm³/mol. The first-order chi connectivity index (χ1) is 5.95. The van der Waals surface area contributed by atoms with Crippen LogP contribution in [0.1, 0.15) is 0 Å². The van der Waals surface area contributed by atoms with Gasteiger partial charge in [0.05, 0.1) is 26.4 Å². The van der Waals surface area contributed by atoms with E-state index in [0.717, 1.165) is 26.4 Å². The molecule has 0 aliphatic carbocycles. The van der Waals surface area contributed by atoms with Crippen LogP contribution < -0.4 is 0 Å². The van der Waals surface area contributed by atoms with E-state index in [2.05, 4.69) is 0 Å². The monoisotopic (exact) mass is 188 g/mol. The minimum Gasteiger partial charge on any atom is -0.376 e. The van der Waals surface area contributed by atoms with Crippen LogP contribution in [-0.4, -0.2) is 38.6 Å². The van der Waals surface area contributed by atoms with E-state index in [1.54, 1.807) is 11.8 Å². The molecule has 0 aromatic carbocycles. The molecule has 3 nitrogen and oxygen atoms in total. The number of thioether (sulfide) groups is 1. The predicted octanol–water partition coefficient (Wildman–Crippen LogP) is 1.00. The Labute approximate surface area is 76.1 Å². The van der Waals surface area contributed by atoms with E-state index in [4.69, 9.17) is 14.2 Å². The summed E-state index contributed by atoms with van der Waals surface area (Å²) in [7, 11) is 0. The van der Waals surface area contributed by atoms with E-state index >= 15 is 0 Å². The van der Waals surface area contributed by atoms with Crippen LogP contribution in [0, 0.1) is 0 Å². The molecule has 68 valence electrons. The second-order valence-electron chi connectivity index (χ2n) is 2.86. The molecule has 2 atom stereocenters. The van der Waals surface area contributed by atoms with Gasteiger partial charge in [0.15, 0.2) is 0 Å². The number of epoxide rings is 2. The highest BCUT2D eigenvalue weighted by Gasteiger charge is 2.26. The standard InChI is InChI=1S/C6H10O3.C2H2S/c1(5-3-8-5)7-2-6-4-9-6;1-2-3-1/h5-6H,1-4H2;1-2H. The third-order valence-electron chi connectivity index (χ3n) is 1.55. The van der Waals surface area contributed by atoms with Gasteiger partial charge in [-0.05, 0) is 10.8 Å². The number of ether oxygens (including phenoxy) is 3. The molecule has 0 amide bonds. The van der Waals surface area contributed by atoms with Gasteiger partial charge < -0.3 is 14.2 Å². The molecule has 0 N–H and O–H groups in total. The molecule has 0 aromatic rings. The zero-order valence-corrected chi connectivity index (χ0v) is 7.59. The fourth-order valence-corrected chi connectivity index (χ4v) is 0.659. The lowest BCUT2D eigenvalue weighted by Gasteiger charge is -1.95. The van der Waals surface area contributed by atoms with Crippen molar-refractivity contribution in [2.24, 2.45) is 0 Å². The Balaban J connectivity index is 0.000000159. The van der Waals surface area contributed by atoms with Crippen molar-refractivity contribution in [3.8, 4) is 0 Å². The Hall–Kier alpha value is -0.0300. The van der Waals surface area contributed by atoms with Crippen molar-refractivity contribution in [3.63, 3.8) is 0 Å². The number of hydrogen-bond acceptors (Lipinski definition) is 4. The van der Waals surface area contributed by atoms with Gasteiger partial charge in [-0.3, -0.25) is 0 Å². The maximum atomic E-state index is 5.23. The van der Waals surface area contributed by atoms with Crippen LogP contribution in [0.15, 0.2) is 10.8 Å². The maximum Gasteiger partial charge on any atom is 0.104 e. The summed E-state index contributed by atoms with van der Waals surface area (Å²) in [6, 6.07) is 0. The quantitative estimate of drug-likeness (QED) is 0.616. The summed E-state index contributed by atoms with van der Waals surface area (Å²) in [5.41, 5.74) is 0. The van der Waals surface area contributed by atoms with Crippen LogP contribution in [0.2, 0.25) is 0 Å². The Kier molecular flexibility index (Phi) is 3.05. The van der Waals surface area contributed by atoms with Crippen LogP contribution in [0.4, 0.5) is 0 Å². The molecule has 0 bridgehead atoms. The van der Waals surface area contributed by atoms with E-state index in [1.807, 2.05) is 10.8 Å². The molecular weight excluding hydrogens is 176 g/mol. The van der Waals surface area contributed by atoms with Crippen molar-refractivity contribution in [2.75, 3.05) is 26.4 Å². The smallest absolute Gasteiger partial charge is 0.104 e. The Morgan fingerprint density at radius 1 is 1.17 bits per heavy atom. The summed E-state index contributed by atoms with van der Waals surface area (Å²) in [4.78, 5) is 0. The minimum atomic E-state index is 0.392. The largest absolute Gasteiger partial charge is 0.376 e. The first-order valence-corrected chi connectivity index (χ1v) is 5.01. The van der Waals surface area contributed by atoms with Gasteiger partial charge in [-0.15, -0.1) is 11.8 Å². The van der Waals surface area contributed by atoms with Gasteiger partial charge in [0.1, 0.15) is 12.2 Å². The van der Waals surface area contributed by atoms with Gasteiger partial charge in [0.25, 0.3) is 0 Å². The molecule has 12 heavy (non-hydrogen) atoms. The third kappa shape index (κ3) is 4.77. The molecule has 2 saturated heterocycles. The molecule has 4 heteroatoms. The van der Waals surface area contributed by atoms with E-state index in [1.165, 1.54) is 0 Å². The average molecular weight is 188 g/mol. The molecule has 0 radical (unpaired) electrons. The van der Waals surface area contributed by atoms with Gasteiger partial charge in [-0.2, -0.15) is 0 Å². The molecule has 3 aliphatic rings. The lowest BCUT2D eigenvalue weighted by Crippen LogP contribution is -2.06. The van der Waals surface area contributed by atoms with E-state index in [9.17, 15) is 0 Å². The van der Waals surface area contributed by atoms with E-state index in [-0.39, 0.29) is 0 Å². The lowest BCUT2D eigenvalue weighted by molar-refractivity contribution is 0.102. The maximum absolute atomic E-state index is 5.23. The highest BCUT2D eigenvalue weighted by Crippen LogP contribution is 2.17. The summed E-state index contributed by atoms with van der Waals surface area (Å²) in [6.07, 6.45) is 0.785. The minimum absolute atomic E-state index is 0.392. The second kappa shape index (κ2) is 4.28. The zero-order chi connectivity index (χ0) is 8.23. The zero-order valence-electron chi connectivity index (χ0n) is 6.77. The summed E-state index contributed by atoms with van der Waals surface area (Å²) in [5.74, 6) is 0. The van der Waals surface area contributed by atoms with Gasteiger partial charge in [0.2, 0.25) is 0 Å². The normalized spacial score (nSPS) is 33.7. The summed E-state index contributed by atoms with van der Waals surface area (Å²) < 4.78 is 15.1. The summed E-state index contributed by atoms with van der Waals surface area (Å²) in [6.45, 7) is 3.26. The Morgan fingerprint density at radius 2 is 1.58 bits per heavy atom. The fourth-order valence-electron chi connectivity index (χ4n) is 0.659. The lowest BCUT2D eigenvalue weighted by atomic mass is 10.5. The molecule has 0 aromatic heterocycles. The average Bonchev–Trinajstić information content (AvgIpc) is 2.90. The summed E-state index contributed by atoms with van der Waals surface area (Å²) in [5, 5.41) is 4.08. The number of rotatable bonds is 4. The highest BCUT2D eigenvalue weighted by atomic mass is 32.2. The first kappa shape index (κ1) is 8.56. The van der Waals surface area contributed by atoms with Crippen LogP contribution in [-0.2, 0) is 14.2 Å². The van der Waals surface area contributed by atoms with Crippen molar-refractivity contribution in [1.29, 1.82) is 0 Å². The van der Waals surface area contributed by atoms with E-state index in [0.29, 0.717) is 12.2 Å². The molecule has 0 saturated carbocycles. The third-order valence-corrected chi connectivity index (χ3v) is 1.82. The first-order valence-electron chi connectivity index (χ1n) is 4.06. The molecule has 2 unspecified atom stereocenters. The fraction of sp³-hybridized carbons (Fsp3) is 0.750. The van der Waals surface area contributed by atoms with Gasteiger partial charge in [-0.1, -0.05) is 0 Å². The van der Waals surface area contributed by atoms with Crippen molar-refractivity contribution >= 4 is 11.8 Å². The number of hydrogen-bond donors (Lipinski definition) is 0. The van der Waals surface area contributed by atoms with Gasteiger partial charge in [0, 0.05) is 0 Å². The molecular formula is C8H12O3S. The van der Waals surface area contributed by atoms with Crippen molar-refractivity contribution in [2.45, 2.75) is 12.2 Å². The molecule has 3 aliphatic heterocycles. The van der Waals surface area contributed by atoms with Crippen LogP contribution in [0.3, 0.4) is 0 Å². The molecule has 0 spiro atoms. The second-order valence-corrected chi connectivity index (χ2v) is 3.67. The Morgan fingerprint density at radius 3 is 1.83 bits per heavy atom. The van der Waals surface area contributed by atoms with Gasteiger partial charge >= 0.3 is 0 Å². The topological polar surface area (TPSA) is 34.3 Å².